The van der Waals surface area contributed by atoms with E-state index in [1.807, 2.05) is 0 Å². The molecule has 1 aliphatic heterocycles. The first kappa shape index (κ1) is 44.7. The van der Waals surface area contributed by atoms with E-state index in [1.54, 1.807) is 6.92 Å². The summed E-state index contributed by atoms with van der Waals surface area (Å²) < 4.78 is 22.5. The molecule has 2 aliphatic carbocycles. The number of hydrogen-bond acceptors (Lipinski definition) is 14. The van der Waals surface area contributed by atoms with Gasteiger partial charge in [0.05, 0.1) is 48.5 Å². The molecule has 1 saturated heterocycles. The Morgan fingerprint density at radius 2 is 1.59 bits per heavy atom. The highest BCUT2D eigenvalue weighted by Crippen LogP contribution is 2.52. The van der Waals surface area contributed by atoms with Crippen molar-refractivity contribution in [3.05, 3.63) is 51.6 Å². The number of unbranched alkanes of at least 4 members (excludes halogenated alkanes) is 9. The number of aliphatic hydroxyl groups is 2. The second-order valence-electron chi connectivity index (χ2n) is 15.7. The molecule has 318 valence electrons. The summed E-state index contributed by atoms with van der Waals surface area (Å²) in [5, 5.41) is 48.5. The standard InChI is InChI=1S/C43H58N2O13/c1-4-5-6-7-8-9-10-11-12-13-19-45-31(47)17-18-32(48)56-23-30(46)43(54)21-26-35(29(22-43)58-33-20-27(44)38(49)24(2)57-33)42(53)37-36(40(26)51)39(50)25-15-14-16-28(55-3)34(25)41(37)52/h14-16,24,27,29,33,38,49,51,53-54H,4-13,17-23,44H2,1-3H3,(H,45,47)/t24-,27-,29-,33-,38+,43-/m0/s1. The van der Waals surface area contributed by atoms with Crippen molar-refractivity contribution in [3.63, 3.8) is 0 Å². The van der Waals surface area contributed by atoms with Crippen LogP contribution >= 0.6 is 0 Å². The number of rotatable bonds is 20. The molecule has 58 heavy (non-hydrogen) atoms. The summed E-state index contributed by atoms with van der Waals surface area (Å²) in [6.45, 7) is 3.37. The first-order valence-electron chi connectivity index (χ1n) is 20.5. The molecule has 1 fully saturated rings. The van der Waals surface area contributed by atoms with E-state index >= 15 is 0 Å². The fraction of sp³-hybridized carbons (Fsp3) is 0.605. The van der Waals surface area contributed by atoms with Gasteiger partial charge in [-0.3, -0.25) is 24.0 Å². The molecule has 0 bridgehead atoms. The number of methoxy groups -OCH3 is 1. The van der Waals surface area contributed by atoms with Crippen LogP contribution in [0, 0.1) is 0 Å². The molecule has 6 atom stereocenters. The van der Waals surface area contributed by atoms with Crippen molar-refractivity contribution in [2.45, 2.75) is 146 Å². The van der Waals surface area contributed by atoms with E-state index in [-0.39, 0.29) is 53.2 Å². The number of benzene rings is 2. The lowest BCUT2D eigenvalue weighted by atomic mass is 9.72. The van der Waals surface area contributed by atoms with Crippen molar-refractivity contribution in [1.29, 1.82) is 0 Å². The number of phenols is 2. The largest absolute Gasteiger partial charge is 0.507 e. The smallest absolute Gasteiger partial charge is 0.306 e. The topological polar surface area (TPSA) is 241 Å². The first-order chi connectivity index (χ1) is 27.7. The van der Waals surface area contributed by atoms with Crippen LogP contribution in [0.4, 0.5) is 0 Å². The molecule has 2 aromatic rings. The van der Waals surface area contributed by atoms with Gasteiger partial charge in [0.25, 0.3) is 0 Å². The second-order valence-corrected chi connectivity index (χ2v) is 15.7. The summed E-state index contributed by atoms with van der Waals surface area (Å²) in [7, 11) is 1.32. The normalized spacial score (nSPS) is 23.7. The van der Waals surface area contributed by atoms with E-state index in [1.165, 1.54) is 70.3 Å². The summed E-state index contributed by atoms with van der Waals surface area (Å²) in [5.74, 6) is -5.15. The van der Waals surface area contributed by atoms with Gasteiger partial charge < -0.3 is 50.4 Å². The molecule has 0 spiro atoms. The van der Waals surface area contributed by atoms with Crippen LogP contribution in [0.25, 0.3) is 0 Å². The maximum atomic E-state index is 13.9. The summed E-state index contributed by atoms with van der Waals surface area (Å²) in [6, 6.07) is 3.55. The van der Waals surface area contributed by atoms with Crippen molar-refractivity contribution >= 4 is 29.2 Å². The fourth-order valence-electron chi connectivity index (χ4n) is 8.10. The fourth-order valence-corrected chi connectivity index (χ4v) is 8.10. The Hall–Kier alpha value is -4.41. The van der Waals surface area contributed by atoms with Crippen LogP contribution in [0.5, 0.6) is 17.2 Å². The van der Waals surface area contributed by atoms with E-state index in [9.17, 15) is 44.4 Å². The number of aromatic hydroxyl groups is 2. The van der Waals surface area contributed by atoms with Crippen LogP contribution in [0.1, 0.15) is 153 Å². The third-order valence-corrected chi connectivity index (χ3v) is 11.4. The van der Waals surface area contributed by atoms with E-state index in [2.05, 4.69) is 12.2 Å². The number of carbonyl (C=O) groups is 5. The van der Waals surface area contributed by atoms with E-state index in [4.69, 9.17) is 24.7 Å². The Labute approximate surface area is 338 Å². The molecular formula is C43H58N2O13. The molecule has 5 rings (SSSR count). The van der Waals surface area contributed by atoms with Crippen LogP contribution < -0.4 is 15.8 Å². The molecule has 7 N–H and O–H groups in total. The SMILES string of the molecule is CCCCCCCCCCCCNC(=O)CCC(=O)OCC(=O)[C@]1(O)Cc2c(O)c3c(c(O)c2[C@@H](O[C@H]2C[C@H](N)[C@H](O)[C@H](C)O2)C1)C(=O)c1c(OC)cccc1C3=O. The first-order valence-corrected chi connectivity index (χ1v) is 20.5. The number of ether oxygens (including phenoxy) is 4. The molecule has 15 nitrogen and oxygen atoms in total. The van der Waals surface area contributed by atoms with E-state index in [0.29, 0.717) is 6.54 Å². The quantitative estimate of drug-likeness (QED) is 0.0528. The zero-order valence-electron chi connectivity index (χ0n) is 33.7. The number of carbonyl (C=O) groups excluding carboxylic acids is 5. The van der Waals surface area contributed by atoms with Gasteiger partial charge in [0, 0.05) is 55.0 Å². The lowest BCUT2D eigenvalue weighted by molar-refractivity contribution is -0.247. The Morgan fingerprint density at radius 1 is 0.931 bits per heavy atom. The van der Waals surface area contributed by atoms with Crippen molar-refractivity contribution in [2.75, 3.05) is 20.3 Å². The van der Waals surface area contributed by atoms with Crippen molar-refractivity contribution < 1.29 is 63.3 Å². The molecule has 0 radical (unpaired) electrons. The number of phenolic OH excluding ortho intramolecular Hbond substituents is 2. The number of amides is 1. The molecule has 0 aromatic heterocycles. The number of nitrogens with one attached hydrogen (secondary N) is 1. The summed E-state index contributed by atoms with van der Waals surface area (Å²) in [4.78, 5) is 66.5. The minimum atomic E-state index is -2.38. The number of hydrogen-bond donors (Lipinski definition) is 6. The second kappa shape index (κ2) is 20.0. The lowest BCUT2D eigenvalue weighted by Crippen LogP contribution is -2.53. The molecule has 1 heterocycles. The zero-order chi connectivity index (χ0) is 42.1. The number of Topliss-reactive ketones (excluding diaryl/α,β-unsaturated/α-hetero) is 1. The van der Waals surface area contributed by atoms with Crippen LogP contribution in [0.2, 0.25) is 0 Å². The zero-order valence-corrected chi connectivity index (χ0v) is 33.7. The minimum absolute atomic E-state index is 0.0339. The average molecular weight is 811 g/mol. The molecule has 3 aliphatic rings. The maximum Gasteiger partial charge on any atom is 0.306 e. The molecule has 15 heteroatoms. The van der Waals surface area contributed by atoms with Crippen LogP contribution in [0.3, 0.4) is 0 Å². The Balaban J connectivity index is 1.25. The molecule has 0 saturated carbocycles. The van der Waals surface area contributed by atoms with Gasteiger partial charge in [-0.2, -0.15) is 0 Å². The highest BCUT2D eigenvalue weighted by Gasteiger charge is 2.50. The predicted molar refractivity (Wildman–Crippen MR) is 210 cm³/mol. The van der Waals surface area contributed by atoms with Crippen LogP contribution in [-0.4, -0.2) is 100 Å². The Bertz CT molecular complexity index is 1830. The third-order valence-electron chi connectivity index (χ3n) is 11.4. The number of ketones is 3. The molecule has 0 unspecified atom stereocenters. The summed E-state index contributed by atoms with van der Waals surface area (Å²) >= 11 is 0. The third kappa shape index (κ3) is 10.1. The minimum Gasteiger partial charge on any atom is -0.507 e. The number of fused-ring (bicyclic) bond motifs is 3. The van der Waals surface area contributed by atoms with Gasteiger partial charge >= 0.3 is 5.97 Å². The van der Waals surface area contributed by atoms with Crippen LogP contribution in [-0.2, 0) is 35.0 Å². The van der Waals surface area contributed by atoms with Gasteiger partial charge in [0.2, 0.25) is 17.5 Å². The average Bonchev–Trinajstić information content (AvgIpc) is 3.20. The Kier molecular flexibility index (Phi) is 15.4. The molecular weight excluding hydrogens is 752 g/mol. The van der Waals surface area contributed by atoms with E-state index in [0.717, 1.165) is 19.3 Å². The monoisotopic (exact) mass is 810 g/mol. The molecule has 2 aromatic carbocycles. The molecule has 1 amide bonds. The van der Waals surface area contributed by atoms with Gasteiger partial charge in [-0.25, -0.2) is 0 Å². The highest BCUT2D eigenvalue weighted by atomic mass is 16.7. The van der Waals surface area contributed by atoms with Gasteiger partial charge in [-0.1, -0.05) is 76.8 Å². The number of esters is 1. The van der Waals surface area contributed by atoms with Crippen LogP contribution in [0.15, 0.2) is 18.2 Å². The highest BCUT2D eigenvalue weighted by molar-refractivity contribution is 6.31. The number of aliphatic hydroxyl groups excluding tert-OH is 1. The van der Waals surface area contributed by atoms with Crippen molar-refractivity contribution in [3.8, 4) is 17.2 Å². The summed E-state index contributed by atoms with van der Waals surface area (Å²) in [5.41, 5.74) is 2.10. The van der Waals surface area contributed by atoms with Gasteiger partial charge in [0.15, 0.2) is 18.7 Å². The van der Waals surface area contributed by atoms with Crippen molar-refractivity contribution in [1.82, 2.24) is 5.32 Å². The maximum absolute atomic E-state index is 13.9. The number of nitrogens with two attached hydrogens (primary N) is 1. The van der Waals surface area contributed by atoms with Gasteiger partial charge in [-0.15, -0.1) is 0 Å². The van der Waals surface area contributed by atoms with Gasteiger partial charge in [-0.05, 0) is 19.4 Å². The Morgan fingerprint density at radius 3 is 2.24 bits per heavy atom. The summed E-state index contributed by atoms with van der Waals surface area (Å²) in [6.07, 6.45) is 5.58. The van der Waals surface area contributed by atoms with Crippen molar-refractivity contribution in [2.24, 2.45) is 5.73 Å². The van der Waals surface area contributed by atoms with E-state index < -0.39 is 102 Å². The lowest BCUT2D eigenvalue weighted by Gasteiger charge is -2.42. The van der Waals surface area contributed by atoms with Gasteiger partial charge in [0.1, 0.15) is 22.8 Å². The predicted octanol–water partition coefficient (Wildman–Crippen LogP) is 4.37.